The predicted octanol–water partition coefficient (Wildman–Crippen LogP) is 3.42. The second-order valence-electron chi connectivity index (χ2n) is 4.86. The highest BCUT2D eigenvalue weighted by Crippen LogP contribution is 2.29. The van der Waals surface area contributed by atoms with Gasteiger partial charge < -0.3 is 4.90 Å². The number of hydrogen-bond acceptors (Lipinski definition) is 2. The van der Waals surface area contributed by atoms with E-state index in [1.165, 1.54) is 0 Å². The molecule has 0 unspecified atom stereocenters. The number of hydrogen-bond donors (Lipinski definition) is 0. The molecule has 0 saturated carbocycles. The Kier molecular flexibility index (Phi) is 3.44. The first-order valence-electron chi connectivity index (χ1n) is 6.35. The molecular formula is C15H14BrN3O. The van der Waals surface area contributed by atoms with Crippen LogP contribution < -0.4 is 4.90 Å². The molecule has 0 atom stereocenters. The SMILES string of the molecule is CN1Cc2ccccc2N(Cc2cncc(Br)c2)C1=O. The number of aromatic nitrogens is 1. The molecule has 102 valence electrons. The molecule has 0 fully saturated rings. The van der Waals surface area contributed by atoms with Crippen molar-refractivity contribution >= 4 is 27.6 Å². The first kappa shape index (κ1) is 13.1. The highest BCUT2D eigenvalue weighted by Gasteiger charge is 2.27. The van der Waals surface area contributed by atoms with Gasteiger partial charge in [0.1, 0.15) is 0 Å². The lowest BCUT2D eigenvalue weighted by Gasteiger charge is -2.35. The van der Waals surface area contributed by atoms with Gasteiger partial charge in [0.2, 0.25) is 0 Å². The van der Waals surface area contributed by atoms with E-state index in [9.17, 15) is 4.79 Å². The normalized spacial score (nSPS) is 14.4. The summed E-state index contributed by atoms with van der Waals surface area (Å²) >= 11 is 3.41. The summed E-state index contributed by atoms with van der Waals surface area (Å²) in [5, 5.41) is 0. The third-order valence-corrected chi connectivity index (χ3v) is 3.78. The van der Waals surface area contributed by atoms with Crippen LogP contribution in [0.3, 0.4) is 0 Å². The number of carbonyl (C=O) groups is 1. The number of pyridine rings is 1. The van der Waals surface area contributed by atoms with E-state index < -0.39 is 0 Å². The molecule has 4 nitrogen and oxygen atoms in total. The maximum atomic E-state index is 12.4. The molecular weight excluding hydrogens is 318 g/mol. The van der Waals surface area contributed by atoms with Gasteiger partial charge in [0.25, 0.3) is 0 Å². The summed E-state index contributed by atoms with van der Waals surface area (Å²) in [7, 11) is 1.82. The smallest absolute Gasteiger partial charge is 0.323 e. The van der Waals surface area contributed by atoms with Gasteiger partial charge in [0.05, 0.1) is 12.2 Å². The van der Waals surface area contributed by atoms with Crippen molar-refractivity contribution in [3.05, 3.63) is 58.3 Å². The van der Waals surface area contributed by atoms with E-state index in [-0.39, 0.29) is 6.03 Å². The molecule has 0 bridgehead atoms. The van der Waals surface area contributed by atoms with Gasteiger partial charge in [-0.15, -0.1) is 0 Å². The van der Waals surface area contributed by atoms with E-state index in [4.69, 9.17) is 0 Å². The van der Waals surface area contributed by atoms with Gasteiger partial charge in [-0.05, 0) is 39.2 Å². The molecule has 1 aliphatic rings. The van der Waals surface area contributed by atoms with Gasteiger partial charge in [0.15, 0.2) is 0 Å². The molecule has 0 saturated heterocycles. The summed E-state index contributed by atoms with van der Waals surface area (Å²) in [6, 6.07) is 10.0. The summed E-state index contributed by atoms with van der Waals surface area (Å²) in [6.45, 7) is 1.18. The van der Waals surface area contributed by atoms with Gasteiger partial charge in [0, 0.05) is 30.5 Å². The zero-order valence-electron chi connectivity index (χ0n) is 11.1. The summed E-state index contributed by atoms with van der Waals surface area (Å²) in [4.78, 5) is 20.1. The van der Waals surface area contributed by atoms with Crippen molar-refractivity contribution in [2.75, 3.05) is 11.9 Å². The number of benzene rings is 1. The van der Waals surface area contributed by atoms with Crippen LogP contribution in [0, 0.1) is 0 Å². The Bertz CT molecular complexity index is 659. The maximum absolute atomic E-state index is 12.4. The third-order valence-electron chi connectivity index (χ3n) is 3.35. The van der Waals surface area contributed by atoms with Gasteiger partial charge in [-0.3, -0.25) is 9.88 Å². The summed E-state index contributed by atoms with van der Waals surface area (Å²) < 4.78 is 0.918. The molecule has 1 aromatic heterocycles. The lowest BCUT2D eigenvalue weighted by atomic mass is 10.1. The second-order valence-corrected chi connectivity index (χ2v) is 5.78. The highest BCUT2D eigenvalue weighted by atomic mass is 79.9. The lowest BCUT2D eigenvalue weighted by Crippen LogP contribution is -2.44. The molecule has 0 radical (unpaired) electrons. The number of fused-ring (bicyclic) bond motifs is 1. The Morgan fingerprint density at radius 2 is 2.10 bits per heavy atom. The minimum Gasteiger partial charge on any atom is -0.323 e. The molecule has 2 amide bonds. The quantitative estimate of drug-likeness (QED) is 0.845. The average molecular weight is 332 g/mol. The number of urea groups is 1. The number of carbonyl (C=O) groups excluding carboxylic acids is 1. The van der Waals surface area contributed by atoms with Gasteiger partial charge >= 0.3 is 6.03 Å². The van der Waals surface area contributed by atoms with E-state index in [1.807, 2.05) is 31.3 Å². The fourth-order valence-electron chi connectivity index (χ4n) is 2.42. The van der Waals surface area contributed by atoms with Crippen molar-refractivity contribution in [1.29, 1.82) is 0 Å². The van der Waals surface area contributed by atoms with Crippen LogP contribution in [0.25, 0.3) is 0 Å². The first-order chi connectivity index (χ1) is 9.65. The van der Waals surface area contributed by atoms with E-state index in [2.05, 4.69) is 27.0 Å². The molecule has 2 heterocycles. The lowest BCUT2D eigenvalue weighted by molar-refractivity contribution is 0.210. The molecule has 1 aliphatic heterocycles. The molecule has 0 aliphatic carbocycles. The average Bonchev–Trinajstić information content (AvgIpc) is 2.44. The van der Waals surface area contributed by atoms with Gasteiger partial charge in [-0.1, -0.05) is 18.2 Å². The maximum Gasteiger partial charge on any atom is 0.324 e. The second kappa shape index (κ2) is 5.25. The Labute approximate surface area is 126 Å². The number of rotatable bonds is 2. The molecule has 5 heteroatoms. The van der Waals surface area contributed by atoms with Gasteiger partial charge in [-0.25, -0.2) is 4.79 Å². The van der Waals surface area contributed by atoms with Crippen LogP contribution in [0.2, 0.25) is 0 Å². The van der Waals surface area contributed by atoms with Crippen molar-refractivity contribution < 1.29 is 4.79 Å². The van der Waals surface area contributed by atoms with Crippen LogP contribution in [0.5, 0.6) is 0 Å². The van der Waals surface area contributed by atoms with E-state index in [0.29, 0.717) is 13.1 Å². The predicted molar refractivity (Wildman–Crippen MR) is 81.4 cm³/mol. The standard InChI is InChI=1S/C15H14BrN3O/c1-18-10-12-4-2-3-5-14(12)19(15(18)20)9-11-6-13(16)8-17-7-11/h2-8H,9-10H2,1H3. The molecule has 1 aromatic carbocycles. The minimum atomic E-state index is 0.0173. The Balaban J connectivity index is 1.97. The summed E-state index contributed by atoms with van der Waals surface area (Å²) in [5.74, 6) is 0. The number of para-hydroxylation sites is 1. The van der Waals surface area contributed by atoms with Crippen LogP contribution in [0.15, 0.2) is 47.2 Å². The Morgan fingerprint density at radius 3 is 2.90 bits per heavy atom. The zero-order chi connectivity index (χ0) is 14.1. The van der Waals surface area contributed by atoms with Crippen LogP contribution in [0.1, 0.15) is 11.1 Å². The summed E-state index contributed by atoms with van der Waals surface area (Å²) in [6.07, 6.45) is 3.52. The number of nitrogens with zero attached hydrogens (tertiary/aromatic N) is 3. The molecule has 20 heavy (non-hydrogen) atoms. The summed E-state index contributed by atoms with van der Waals surface area (Å²) in [5.41, 5.74) is 3.14. The molecule has 0 N–H and O–H groups in total. The molecule has 0 spiro atoms. The highest BCUT2D eigenvalue weighted by molar-refractivity contribution is 9.10. The largest absolute Gasteiger partial charge is 0.324 e. The van der Waals surface area contributed by atoms with Crippen LogP contribution in [-0.2, 0) is 13.1 Å². The molecule has 2 aromatic rings. The number of amides is 2. The fourth-order valence-corrected chi connectivity index (χ4v) is 2.83. The zero-order valence-corrected chi connectivity index (χ0v) is 12.7. The van der Waals surface area contributed by atoms with Crippen LogP contribution in [-0.4, -0.2) is 23.0 Å². The van der Waals surface area contributed by atoms with Crippen LogP contribution in [0.4, 0.5) is 10.5 Å². The van der Waals surface area contributed by atoms with Crippen LogP contribution >= 0.6 is 15.9 Å². The van der Waals surface area contributed by atoms with Crippen molar-refractivity contribution in [2.45, 2.75) is 13.1 Å². The third kappa shape index (κ3) is 2.41. The minimum absolute atomic E-state index is 0.0173. The van der Waals surface area contributed by atoms with Gasteiger partial charge in [-0.2, -0.15) is 0 Å². The number of anilines is 1. The number of halogens is 1. The van der Waals surface area contributed by atoms with E-state index >= 15 is 0 Å². The Morgan fingerprint density at radius 1 is 1.30 bits per heavy atom. The van der Waals surface area contributed by atoms with E-state index in [1.54, 1.807) is 22.2 Å². The van der Waals surface area contributed by atoms with Crippen molar-refractivity contribution in [1.82, 2.24) is 9.88 Å². The topological polar surface area (TPSA) is 36.4 Å². The Hall–Kier alpha value is -1.88. The first-order valence-corrected chi connectivity index (χ1v) is 7.14. The molecule has 3 rings (SSSR count). The van der Waals surface area contributed by atoms with Crippen molar-refractivity contribution in [3.63, 3.8) is 0 Å². The van der Waals surface area contributed by atoms with Crippen molar-refractivity contribution in [3.8, 4) is 0 Å². The van der Waals surface area contributed by atoms with Crippen molar-refractivity contribution in [2.24, 2.45) is 0 Å². The fraction of sp³-hybridized carbons (Fsp3) is 0.200. The monoisotopic (exact) mass is 331 g/mol. The van der Waals surface area contributed by atoms with E-state index in [0.717, 1.165) is 21.3 Å².